The number of anilines is 1. The Bertz CT molecular complexity index is 888. The van der Waals surface area contributed by atoms with Crippen molar-refractivity contribution in [3.05, 3.63) is 102 Å². The minimum atomic E-state index is 0.289. The maximum Gasteiger partial charge on any atom is 0.0603 e. The summed E-state index contributed by atoms with van der Waals surface area (Å²) in [4.78, 5) is 4.68. The fraction of sp³-hybridized carbons (Fsp3) is 0.269. The van der Waals surface area contributed by atoms with E-state index in [0.717, 1.165) is 31.7 Å². The molecule has 0 atom stereocenters. The van der Waals surface area contributed by atoms with Crippen LogP contribution in [0.5, 0.6) is 0 Å². The first-order chi connectivity index (χ1) is 14.7. The van der Waals surface area contributed by atoms with Crippen molar-refractivity contribution >= 4 is 11.9 Å². The molecule has 4 nitrogen and oxygen atoms in total. The normalized spacial score (nSPS) is 15.1. The van der Waals surface area contributed by atoms with E-state index >= 15 is 0 Å². The van der Waals surface area contributed by atoms with Crippen molar-refractivity contribution in [2.45, 2.75) is 6.04 Å². The Hall–Kier alpha value is -3.11. The summed E-state index contributed by atoms with van der Waals surface area (Å²) in [6, 6.07) is 30.4. The lowest BCUT2D eigenvalue weighted by Gasteiger charge is -2.38. The van der Waals surface area contributed by atoms with Gasteiger partial charge < -0.3 is 4.90 Å². The molecule has 1 aliphatic heterocycles. The molecule has 0 amide bonds. The van der Waals surface area contributed by atoms with Gasteiger partial charge in [0.1, 0.15) is 0 Å². The first-order valence-corrected chi connectivity index (χ1v) is 10.6. The zero-order valence-corrected chi connectivity index (χ0v) is 17.9. The summed E-state index contributed by atoms with van der Waals surface area (Å²) in [5, 5.41) is 6.92. The number of nitrogens with zero attached hydrogens (tertiary/aromatic N) is 4. The molecule has 0 saturated carbocycles. The van der Waals surface area contributed by atoms with E-state index in [1.807, 2.05) is 6.21 Å². The van der Waals surface area contributed by atoms with Gasteiger partial charge in [-0.15, -0.1) is 0 Å². The van der Waals surface area contributed by atoms with Gasteiger partial charge in [0.15, 0.2) is 0 Å². The van der Waals surface area contributed by atoms with E-state index in [4.69, 9.17) is 5.10 Å². The summed E-state index contributed by atoms with van der Waals surface area (Å²) in [7, 11) is 4.11. The third-order valence-corrected chi connectivity index (χ3v) is 5.67. The zero-order valence-electron chi connectivity index (χ0n) is 17.9. The Morgan fingerprint density at radius 1 is 0.733 bits per heavy atom. The van der Waals surface area contributed by atoms with Gasteiger partial charge in [0.05, 0.1) is 12.3 Å². The van der Waals surface area contributed by atoms with E-state index in [9.17, 15) is 0 Å². The van der Waals surface area contributed by atoms with E-state index in [2.05, 4.69) is 114 Å². The average Bonchev–Trinajstić information content (AvgIpc) is 2.80. The molecule has 1 saturated heterocycles. The van der Waals surface area contributed by atoms with Crippen LogP contribution in [-0.2, 0) is 0 Å². The first kappa shape index (κ1) is 20.2. The lowest BCUT2D eigenvalue weighted by molar-refractivity contribution is 0.113. The van der Waals surface area contributed by atoms with Crippen LogP contribution in [0.4, 0.5) is 5.69 Å². The van der Waals surface area contributed by atoms with Crippen molar-refractivity contribution in [3.63, 3.8) is 0 Å². The van der Waals surface area contributed by atoms with Crippen LogP contribution in [0.3, 0.4) is 0 Å². The van der Waals surface area contributed by atoms with Gasteiger partial charge in [-0.05, 0) is 28.8 Å². The van der Waals surface area contributed by atoms with Crippen LogP contribution in [0.15, 0.2) is 90.0 Å². The molecule has 30 heavy (non-hydrogen) atoms. The van der Waals surface area contributed by atoms with Gasteiger partial charge in [-0.25, -0.2) is 0 Å². The van der Waals surface area contributed by atoms with Gasteiger partial charge in [-0.2, -0.15) is 5.10 Å². The molecule has 3 aromatic carbocycles. The second-order valence-corrected chi connectivity index (χ2v) is 7.94. The maximum absolute atomic E-state index is 4.74. The number of hydrogen-bond donors (Lipinski definition) is 0. The molecule has 154 valence electrons. The smallest absolute Gasteiger partial charge is 0.0603 e. The molecule has 3 aromatic rings. The lowest BCUT2D eigenvalue weighted by atomic mass is 9.96. The Balaban J connectivity index is 1.42. The summed E-state index contributed by atoms with van der Waals surface area (Å²) in [6.45, 7) is 3.85. The molecule has 0 spiro atoms. The fourth-order valence-corrected chi connectivity index (χ4v) is 3.98. The van der Waals surface area contributed by atoms with Crippen molar-refractivity contribution in [2.24, 2.45) is 5.10 Å². The van der Waals surface area contributed by atoms with E-state index < -0.39 is 0 Å². The molecule has 0 bridgehead atoms. The number of piperazine rings is 1. The molecule has 0 unspecified atom stereocenters. The Kier molecular flexibility index (Phi) is 6.45. The molecule has 1 heterocycles. The molecule has 4 heteroatoms. The molecular formula is C26H30N4. The van der Waals surface area contributed by atoms with E-state index in [0.29, 0.717) is 0 Å². The SMILES string of the molecule is CN(C)c1ccc(/C=N/N2CCN(C(c3ccccc3)c3ccccc3)CC2)cc1. The Morgan fingerprint density at radius 3 is 1.77 bits per heavy atom. The Morgan fingerprint density at radius 2 is 1.27 bits per heavy atom. The quantitative estimate of drug-likeness (QED) is 0.571. The molecular weight excluding hydrogens is 368 g/mol. The zero-order chi connectivity index (χ0) is 20.8. The monoisotopic (exact) mass is 398 g/mol. The predicted molar refractivity (Wildman–Crippen MR) is 126 cm³/mol. The van der Waals surface area contributed by atoms with E-state index in [-0.39, 0.29) is 6.04 Å². The molecule has 1 aliphatic rings. The van der Waals surface area contributed by atoms with Crippen LogP contribution in [0, 0.1) is 0 Å². The number of rotatable bonds is 6. The van der Waals surface area contributed by atoms with E-state index in [1.54, 1.807) is 0 Å². The summed E-state index contributed by atoms with van der Waals surface area (Å²) >= 11 is 0. The van der Waals surface area contributed by atoms with Gasteiger partial charge >= 0.3 is 0 Å². The summed E-state index contributed by atoms with van der Waals surface area (Å²) in [5.41, 5.74) is 5.03. The molecule has 0 N–H and O–H groups in total. The molecule has 4 rings (SSSR count). The predicted octanol–water partition coefficient (Wildman–Crippen LogP) is 4.49. The van der Waals surface area contributed by atoms with Crippen LogP contribution in [0.1, 0.15) is 22.7 Å². The number of benzene rings is 3. The first-order valence-electron chi connectivity index (χ1n) is 10.6. The highest BCUT2D eigenvalue weighted by Gasteiger charge is 2.25. The van der Waals surface area contributed by atoms with Crippen LogP contribution in [0.2, 0.25) is 0 Å². The summed E-state index contributed by atoms with van der Waals surface area (Å²) in [6.07, 6.45) is 1.97. The third-order valence-electron chi connectivity index (χ3n) is 5.67. The topological polar surface area (TPSA) is 22.1 Å². The van der Waals surface area contributed by atoms with Crippen molar-refractivity contribution in [1.29, 1.82) is 0 Å². The van der Waals surface area contributed by atoms with Crippen molar-refractivity contribution in [1.82, 2.24) is 9.91 Å². The van der Waals surface area contributed by atoms with Crippen molar-refractivity contribution < 1.29 is 0 Å². The van der Waals surface area contributed by atoms with Gasteiger partial charge in [-0.1, -0.05) is 72.8 Å². The van der Waals surface area contributed by atoms with Crippen LogP contribution in [-0.4, -0.2) is 56.4 Å². The average molecular weight is 399 g/mol. The van der Waals surface area contributed by atoms with Crippen LogP contribution in [0.25, 0.3) is 0 Å². The number of hydrazone groups is 1. The van der Waals surface area contributed by atoms with Gasteiger partial charge in [0, 0.05) is 46.0 Å². The van der Waals surface area contributed by atoms with Gasteiger partial charge in [0.2, 0.25) is 0 Å². The van der Waals surface area contributed by atoms with Crippen LogP contribution >= 0.6 is 0 Å². The highest BCUT2D eigenvalue weighted by molar-refractivity contribution is 5.80. The highest BCUT2D eigenvalue weighted by atomic mass is 15.5. The maximum atomic E-state index is 4.74. The second-order valence-electron chi connectivity index (χ2n) is 7.94. The largest absolute Gasteiger partial charge is 0.378 e. The molecule has 0 aliphatic carbocycles. The van der Waals surface area contributed by atoms with Gasteiger partial charge in [-0.3, -0.25) is 9.91 Å². The number of hydrogen-bond acceptors (Lipinski definition) is 4. The summed E-state index contributed by atoms with van der Waals surface area (Å²) < 4.78 is 0. The third kappa shape index (κ3) is 4.89. The van der Waals surface area contributed by atoms with Gasteiger partial charge in [0.25, 0.3) is 0 Å². The summed E-state index contributed by atoms with van der Waals surface area (Å²) in [5.74, 6) is 0. The lowest BCUT2D eigenvalue weighted by Crippen LogP contribution is -2.45. The Labute approximate surface area is 180 Å². The van der Waals surface area contributed by atoms with E-state index in [1.165, 1.54) is 16.8 Å². The highest BCUT2D eigenvalue weighted by Crippen LogP contribution is 2.29. The van der Waals surface area contributed by atoms with Crippen LogP contribution < -0.4 is 4.90 Å². The minimum absolute atomic E-state index is 0.289. The minimum Gasteiger partial charge on any atom is -0.378 e. The standard InChI is InChI=1S/C26H30N4/c1-28(2)25-15-13-22(14-16-25)21-27-30-19-17-29(18-20-30)26(23-9-5-3-6-10-23)24-11-7-4-8-12-24/h3-16,21,26H,17-20H2,1-2H3/b27-21+. The molecule has 0 radical (unpaired) electrons. The van der Waals surface area contributed by atoms with Crippen molar-refractivity contribution in [2.75, 3.05) is 45.2 Å². The van der Waals surface area contributed by atoms with Crippen molar-refractivity contribution in [3.8, 4) is 0 Å². The fourth-order valence-electron chi connectivity index (χ4n) is 3.98. The second kappa shape index (κ2) is 9.59. The molecule has 1 fully saturated rings. The molecule has 0 aromatic heterocycles.